The van der Waals surface area contributed by atoms with Crippen LogP contribution in [0.3, 0.4) is 0 Å². The van der Waals surface area contributed by atoms with E-state index in [0.717, 1.165) is 28.8 Å². The number of aromatic nitrogens is 3. The zero-order chi connectivity index (χ0) is 12.4. The first-order valence-corrected chi connectivity index (χ1v) is 6.76. The number of hydrogen-bond donors (Lipinski definition) is 1. The molecule has 0 saturated heterocycles. The van der Waals surface area contributed by atoms with Crippen LogP contribution in [-0.4, -0.2) is 14.8 Å². The van der Waals surface area contributed by atoms with E-state index in [-0.39, 0.29) is 0 Å². The summed E-state index contributed by atoms with van der Waals surface area (Å²) in [6.07, 6.45) is 1.04. The number of benzene rings is 1. The molecule has 0 spiro atoms. The zero-order valence-electron chi connectivity index (χ0n) is 9.83. The topological polar surface area (TPSA) is 33.6 Å². The van der Waals surface area contributed by atoms with Crippen molar-refractivity contribution in [3.63, 3.8) is 0 Å². The Labute approximate surface area is 114 Å². The number of H-pyrrole nitrogens is 1. The second kappa shape index (κ2) is 5.14. The van der Waals surface area contributed by atoms with E-state index in [1.165, 1.54) is 5.56 Å². The van der Waals surface area contributed by atoms with Crippen LogP contribution in [0.25, 0.3) is 11.4 Å². The van der Waals surface area contributed by atoms with Crippen molar-refractivity contribution in [2.75, 3.05) is 0 Å². The molecule has 0 aliphatic rings. The van der Waals surface area contributed by atoms with Crippen LogP contribution >= 0.6 is 28.1 Å². The molecule has 1 N–H and O–H groups in total. The maximum atomic E-state index is 5.25. The average molecular weight is 312 g/mol. The lowest BCUT2D eigenvalue weighted by Crippen LogP contribution is -2.01. The summed E-state index contributed by atoms with van der Waals surface area (Å²) in [5.41, 5.74) is 2.29. The van der Waals surface area contributed by atoms with Gasteiger partial charge in [0.2, 0.25) is 0 Å². The summed E-state index contributed by atoms with van der Waals surface area (Å²) in [6.45, 7) is 5.09. The van der Waals surface area contributed by atoms with E-state index >= 15 is 0 Å². The van der Waals surface area contributed by atoms with Crippen molar-refractivity contribution in [2.24, 2.45) is 0 Å². The van der Waals surface area contributed by atoms with Gasteiger partial charge in [-0.15, -0.1) is 0 Å². The molecule has 0 bridgehead atoms. The zero-order valence-corrected chi connectivity index (χ0v) is 12.2. The lowest BCUT2D eigenvalue weighted by Gasteiger charge is -2.08. The highest BCUT2D eigenvalue weighted by Crippen LogP contribution is 2.27. The highest BCUT2D eigenvalue weighted by atomic mass is 79.9. The van der Waals surface area contributed by atoms with Crippen LogP contribution in [0, 0.1) is 11.7 Å². The molecule has 3 nitrogen and oxygen atoms in total. The number of halogens is 1. The fourth-order valence-corrected chi connectivity index (χ4v) is 2.39. The van der Waals surface area contributed by atoms with Crippen molar-refractivity contribution in [1.82, 2.24) is 14.8 Å². The molecule has 0 aliphatic heterocycles. The third-order valence-electron chi connectivity index (χ3n) is 2.71. The largest absolute Gasteiger partial charge is 0.300 e. The molecule has 0 amide bonds. The molecule has 17 heavy (non-hydrogen) atoms. The van der Waals surface area contributed by atoms with Gasteiger partial charge in [0.1, 0.15) is 0 Å². The molecule has 0 fully saturated rings. The van der Waals surface area contributed by atoms with Crippen LogP contribution in [0.5, 0.6) is 0 Å². The highest BCUT2D eigenvalue weighted by molar-refractivity contribution is 9.10. The monoisotopic (exact) mass is 311 g/mol. The summed E-state index contributed by atoms with van der Waals surface area (Å²) in [6, 6.07) is 6.11. The fourth-order valence-electron chi connectivity index (χ4n) is 1.80. The number of nitrogens with one attached hydrogen (secondary N) is 1. The van der Waals surface area contributed by atoms with Crippen LogP contribution < -0.4 is 0 Å². The fraction of sp³-hybridized carbons (Fsp3) is 0.333. The number of nitrogens with zero attached hydrogens (tertiary/aromatic N) is 2. The summed E-state index contributed by atoms with van der Waals surface area (Å²) in [7, 11) is 0. The lowest BCUT2D eigenvalue weighted by molar-refractivity contribution is 0.674. The second-order valence-corrected chi connectivity index (χ2v) is 5.16. The number of hydrogen-bond acceptors (Lipinski definition) is 2. The third-order valence-corrected chi connectivity index (χ3v) is 3.88. The minimum Gasteiger partial charge on any atom is -0.300 e. The summed E-state index contributed by atoms with van der Waals surface area (Å²) >= 11 is 8.79. The van der Waals surface area contributed by atoms with Crippen LogP contribution in [-0.2, 0) is 6.54 Å². The molecule has 0 unspecified atom stereocenters. The number of rotatable bonds is 3. The van der Waals surface area contributed by atoms with E-state index < -0.39 is 0 Å². The molecule has 2 aromatic rings. The van der Waals surface area contributed by atoms with Crippen molar-refractivity contribution < 1.29 is 0 Å². The van der Waals surface area contributed by atoms with Gasteiger partial charge in [-0.2, -0.15) is 5.10 Å². The highest BCUT2D eigenvalue weighted by Gasteiger charge is 2.11. The Balaban J connectivity index is 2.60. The smallest absolute Gasteiger partial charge is 0.195 e. The molecule has 1 heterocycles. The Morgan fingerprint density at radius 1 is 1.47 bits per heavy atom. The quantitative estimate of drug-likeness (QED) is 0.866. The van der Waals surface area contributed by atoms with Gasteiger partial charge in [-0.3, -0.25) is 5.10 Å². The number of aromatic amines is 1. The van der Waals surface area contributed by atoms with Crippen molar-refractivity contribution >= 4 is 28.1 Å². The van der Waals surface area contributed by atoms with Gasteiger partial charge in [0.15, 0.2) is 10.6 Å². The second-order valence-electron chi connectivity index (χ2n) is 3.92. The maximum Gasteiger partial charge on any atom is 0.195 e. The predicted octanol–water partition coefficient (Wildman–Crippen LogP) is 4.09. The molecular formula is C12H14BrN3S. The van der Waals surface area contributed by atoms with Crippen molar-refractivity contribution in [2.45, 2.75) is 26.8 Å². The van der Waals surface area contributed by atoms with Crippen LogP contribution in [0.4, 0.5) is 0 Å². The van der Waals surface area contributed by atoms with E-state index in [1.807, 2.05) is 16.7 Å². The molecule has 1 aromatic heterocycles. The summed E-state index contributed by atoms with van der Waals surface area (Å²) in [5.74, 6) is 0.913. The van der Waals surface area contributed by atoms with Crippen LogP contribution in [0.1, 0.15) is 18.9 Å². The predicted molar refractivity (Wildman–Crippen MR) is 75.6 cm³/mol. The van der Waals surface area contributed by atoms with E-state index in [1.54, 1.807) is 0 Å². The average Bonchev–Trinajstić information content (AvgIpc) is 2.66. The Hall–Kier alpha value is -0.940. The molecule has 0 aliphatic carbocycles. The molecule has 5 heteroatoms. The Bertz CT molecular complexity index is 586. The van der Waals surface area contributed by atoms with E-state index in [9.17, 15) is 0 Å². The minimum atomic E-state index is 0.682. The molecule has 2 rings (SSSR count). The molecule has 0 atom stereocenters. The normalized spacial score (nSPS) is 10.8. The van der Waals surface area contributed by atoms with Gasteiger partial charge in [-0.1, -0.05) is 35.0 Å². The lowest BCUT2D eigenvalue weighted by atomic mass is 10.1. The molecule has 1 aromatic carbocycles. The first-order valence-electron chi connectivity index (χ1n) is 5.55. The van der Waals surface area contributed by atoms with Gasteiger partial charge < -0.3 is 4.57 Å². The van der Waals surface area contributed by atoms with E-state index in [2.05, 4.69) is 46.0 Å². The van der Waals surface area contributed by atoms with Crippen LogP contribution in [0.2, 0.25) is 0 Å². The van der Waals surface area contributed by atoms with Crippen LogP contribution in [0.15, 0.2) is 22.7 Å². The summed E-state index contributed by atoms with van der Waals surface area (Å²) < 4.78 is 3.82. The van der Waals surface area contributed by atoms with Crippen molar-refractivity contribution in [1.29, 1.82) is 0 Å². The summed E-state index contributed by atoms with van der Waals surface area (Å²) in [4.78, 5) is 0. The Kier molecular flexibility index (Phi) is 3.79. The van der Waals surface area contributed by atoms with E-state index in [4.69, 9.17) is 12.2 Å². The summed E-state index contributed by atoms with van der Waals surface area (Å²) in [5, 5.41) is 7.20. The maximum absolute atomic E-state index is 5.25. The SMILES string of the molecule is CCCn1c(-c2cccc(Br)c2C)n[nH]c1=S. The van der Waals surface area contributed by atoms with Gasteiger partial charge >= 0.3 is 0 Å². The van der Waals surface area contributed by atoms with Gasteiger partial charge in [-0.05, 0) is 37.2 Å². The third kappa shape index (κ3) is 2.35. The van der Waals surface area contributed by atoms with Gasteiger partial charge in [0.05, 0.1) is 0 Å². The first-order chi connectivity index (χ1) is 8.15. The Morgan fingerprint density at radius 2 is 2.24 bits per heavy atom. The van der Waals surface area contributed by atoms with Gasteiger partial charge in [-0.25, -0.2) is 0 Å². The standard InChI is InChI=1S/C12H14BrN3S/c1-3-7-16-11(14-15-12(16)17)9-5-4-6-10(13)8(9)2/h4-6H,3,7H2,1-2H3,(H,15,17). The van der Waals surface area contributed by atoms with Crippen molar-refractivity contribution in [3.8, 4) is 11.4 Å². The van der Waals surface area contributed by atoms with Gasteiger partial charge in [0, 0.05) is 16.6 Å². The van der Waals surface area contributed by atoms with Crippen molar-refractivity contribution in [3.05, 3.63) is 33.0 Å². The van der Waals surface area contributed by atoms with E-state index in [0.29, 0.717) is 4.77 Å². The molecule has 90 valence electrons. The Morgan fingerprint density at radius 3 is 2.94 bits per heavy atom. The first kappa shape index (κ1) is 12.5. The molecule has 0 radical (unpaired) electrons. The molecular weight excluding hydrogens is 298 g/mol. The minimum absolute atomic E-state index is 0.682. The van der Waals surface area contributed by atoms with Gasteiger partial charge in [0.25, 0.3) is 0 Å². The molecule has 0 saturated carbocycles.